The summed E-state index contributed by atoms with van der Waals surface area (Å²) in [6, 6.07) is 5.86. The van der Waals surface area contributed by atoms with Gasteiger partial charge in [-0.25, -0.2) is 4.39 Å². The summed E-state index contributed by atoms with van der Waals surface area (Å²) < 4.78 is 12.9. The standard InChI is InChI=1S/C14H17FN2OS/c1-2-3-9-16-10-8-13(18)17(14(16)19)12-6-4-11(15)5-7-12/h4-7H,2-3,8-10H2,1H3. The van der Waals surface area contributed by atoms with Crippen molar-refractivity contribution in [1.82, 2.24) is 4.90 Å². The van der Waals surface area contributed by atoms with E-state index < -0.39 is 0 Å². The maximum Gasteiger partial charge on any atom is 0.235 e. The Hall–Kier alpha value is -1.49. The molecule has 0 radical (unpaired) electrons. The van der Waals surface area contributed by atoms with Crippen LogP contribution in [0.5, 0.6) is 0 Å². The van der Waals surface area contributed by atoms with E-state index in [1.54, 1.807) is 12.1 Å². The van der Waals surface area contributed by atoms with Crippen LogP contribution in [0, 0.1) is 5.82 Å². The van der Waals surface area contributed by atoms with Crippen molar-refractivity contribution < 1.29 is 9.18 Å². The van der Waals surface area contributed by atoms with E-state index in [-0.39, 0.29) is 11.7 Å². The average molecular weight is 280 g/mol. The lowest BCUT2D eigenvalue weighted by Crippen LogP contribution is -2.52. The fourth-order valence-electron chi connectivity index (χ4n) is 2.09. The molecule has 1 aromatic carbocycles. The van der Waals surface area contributed by atoms with Crippen LogP contribution in [-0.2, 0) is 4.79 Å². The largest absolute Gasteiger partial charge is 0.348 e. The summed E-state index contributed by atoms with van der Waals surface area (Å²) in [5, 5.41) is 0.524. The number of halogens is 1. The molecule has 5 heteroatoms. The number of nitrogens with zero attached hydrogens (tertiary/aromatic N) is 2. The molecular weight excluding hydrogens is 263 g/mol. The molecule has 1 aliphatic heterocycles. The zero-order valence-electron chi connectivity index (χ0n) is 10.9. The smallest absolute Gasteiger partial charge is 0.235 e. The van der Waals surface area contributed by atoms with Gasteiger partial charge in [0.2, 0.25) is 5.91 Å². The number of hydrogen-bond donors (Lipinski definition) is 0. The van der Waals surface area contributed by atoms with Crippen LogP contribution in [-0.4, -0.2) is 29.0 Å². The van der Waals surface area contributed by atoms with Gasteiger partial charge in [0.1, 0.15) is 5.82 Å². The predicted molar refractivity (Wildman–Crippen MR) is 77.6 cm³/mol. The predicted octanol–water partition coefficient (Wildman–Crippen LogP) is 2.95. The van der Waals surface area contributed by atoms with Gasteiger partial charge in [0, 0.05) is 19.5 Å². The maximum absolute atomic E-state index is 12.9. The summed E-state index contributed by atoms with van der Waals surface area (Å²) >= 11 is 5.39. The summed E-state index contributed by atoms with van der Waals surface area (Å²) in [4.78, 5) is 15.6. The number of unbranched alkanes of at least 4 members (excludes halogenated alkanes) is 1. The molecule has 3 nitrogen and oxygen atoms in total. The molecule has 1 heterocycles. The third kappa shape index (κ3) is 3.10. The van der Waals surface area contributed by atoms with Crippen molar-refractivity contribution in [3.63, 3.8) is 0 Å². The first-order chi connectivity index (χ1) is 9.13. The summed E-state index contributed by atoms with van der Waals surface area (Å²) in [6.45, 7) is 3.66. The van der Waals surface area contributed by atoms with Gasteiger partial charge in [-0.2, -0.15) is 0 Å². The third-order valence-corrected chi connectivity index (χ3v) is 3.61. The summed E-state index contributed by atoms with van der Waals surface area (Å²) in [6.07, 6.45) is 2.58. The molecule has 0 spiro atoms. The molecule has 1 aliphatic rings. The topological polar surface area (TPSA) is 23.6 Å². The highest BCUT2D eigenvalue weighted by Gasteiger charge is 2.29. The Morgan fingerprint density at radius 1 is 1.32 bits per heavy atom. The van der Waals surface area contributed by atoms with E-state index in [1.807, 2.05) is 4.90 Å². The molecule has 19 heavy (non-hydrogen) atoms. The number of rotatable bonds is 4. The fraction of sp³-hybridized carbons (Fsp3) is 0.429. The van der Waals surface area contributed by atoms with Crippen molar-refractivity contribution in [2.75, 3.05) is 18.0 Å². The summed E-state index contributed by atoms with van der Waals surface area (Å²) in [5.74, 6) is -0.341. The minimum absolute atomic E-state index is 0.0237. The molecule has 2 rings (SSSR count). The lowest BCUT2D eigenvalue weighted by Gasteiger charge is -2.37. The van der Waals surface area contributed by atoms with Crippen molar-refractivity contribution >= 4 is 28.9 Å². The minimum Gasteiger partial charge on any atom is -0.348 e. The van der Waals surface area contributed by atoms with E-state index in [9.17, 15) is 9.18 Å². The molecule has 0 unspecified atom stereocenters. The van der Waals surface area contributed by atoms with E-state index >= 15 is 0 Å². The third-order valence-electron chi connectivity index (χ3n) is 3.17. The van der Waals surface area contributed by atoms with E-state index in [0.29, 0.717) is 23.8 Å². The molecule has 1 saturated heterocycles. The Morgan fingerprint density at radius 3 is 2.63 bits per heavy atom. The Kier molecular flexibility index (Phi) is 4.47. The van der Waals surface area contributed by atoms with Crippen molar-refractivity contribution in [1.29, 1.82) is 0 Å². The van der Waals surface area contributed by atoms with Crippen LogP contribution in [0.25, 0.3) is 0 Å². The Balaban J connectivity index is 2.19. The van der Waals surface area contributed by atoms with Gasteiger partial charge in [0.15, 0.2) is 5.11 Å². The molecule has 102 valence electrons. The summed E-state index contributed by atoms with van der Waals surface area (Å²) in [5.41, 5.74) is 0.637. The molecule has 1 amide bonds. The Bertz CT molecular complexity index is 475. The SMILES string of the molecule is CCCCN1CCC(=O)N(c2ccc(F)cc2)C1=S. The number of benzene rings is 1. The second-order valence-electron chi connectivity index (χ2n) is 4.58. The van der Waals surface area contributed by atoms with Crippen molar-refractivity contribution in [2.45, 2.75) is 26.2 Å². The molecular formula is C14H17FN2OS. The van der Waals surface area contributed by atoms with Gasteiger partial charge in [-0.05, 0) is 42.9 Å². The van der Waals surface area contributed by atoms with Gasteiger partial charge in [0.05, 0.1) is 5.69 Å². The number of amides is 1. The highest BCUT2D eigenvalue weighted by Crippen LogP contribution is 2.21. The Morgan fingerprint density at radius 2 is 2.00 bits per heavy atom. The van der Waals surface area contributed by atoms with Crippen molar-refractivity contribution in [3.8, 4) is 0 Å². The minimum atomic E-state index is -0.318. The molecule has 0 N–H and O–H groups in total. The molecule has 0 aromatic heterocycles. The van der Waals surface area contributed by atoms with Gasteiger partial charge in [0.25, 0.3) is 0 Å². The number of anilines is 1. The fourth-order valence-corrected chi connectivity index (χ4v) is 2.48. The molecule has 0 bridgehead atoms. The van der Waals surface area contributed by atoms with E-state index in [4.69, 9.17) is 12.2 Å². The first-order valence-electron chi connectivity index (χ1n) is 6.51. The van der Waals surface area contributed by atoms with Crippen LogP contribution in [0.1, 0.15) is 26.2 Å². The number of hydrogen-bond acceptors (Lipinski definition) is 2. The lowest BCUT2D eigenvalue weighted by atomic mass is 10.2. The highest BCUT2D eigenvalue weighted by atomic mass is 32.1. The number of carbonyl (C=O) groups excluding carboxylic acids is 1. The highest BCUT2D eigenvalue weighted by molar-refractivity contribution is 7.80. The first kappa shape index (κ1) is 13.9. The lowest BCUT2D eigenvalue weighted by molar-refractivity contribution is -0.118. The first-order valence-corrected chi connectivity index (χ1v) is 6.91. The average Bonchev–Trinajstić information content (AvgIpc) is 2.40. The second kappa shape index (κ2) is 6.10. The molecule has 0 atom stereocenters. The van der Waals surface area contributed by atoms with Crippen LogP contribution in [0.15, 0.2) is 24.3 Å². The van der Waals surface area contributed by atoms with Crippen LogP contribution < -0.4 is 4.90 Å². The van der Waals surface area contributed by atoms with Crippen LogP contribution in [0.3, 0.4) is 0 Å². The van der Waals surface area contributed by atoms with Gasteiger partial charge < -0.3 is 4.90 Å². The van der Waals surface area contributed by atoms with Crippen LogP contribution in [0.4, 0.5) is 10.1 Å². The maximum atomic E-state index is 12.9. The van der Waals surface area contributed by atoms with Crippen LogP contribution >= 0.6 is 12.2 Å². The van der Waals surface area contributed by atoms with Gasteiger partial charge in [-0.1, -0.05) is 13.3 Å². The van der Waals surface area contributed by atoms with Gasteiger partial charge in [-0.15, -0.1) is 0 Å². The summed E-state index contributed by atoms with van der Waals surface area (Å²) in [7, 11) is 0. The van der Waals surface area contributed by atoms with E-state index in [1.165, 1.54) is 17.0 Å². The number of carbonyl (C=O) groups is 1. The van der Waals surface area contributed by atoms with Gasteiger partial charge >= 0.3 is 0 Å². The zero-order chi connectivity index (χ0) is 13.8. The second-order valence-corrected chi connectivity index (χ2v) is 4.94. The van der Waals surface area contributed by atoms with E-state index in [2.05, 4.69) is 6.92 Å². The normalized spacial score (nSPS) is 16.1. The molecule has 0 saturated carbocycles. The van der Waals surface area contributed by atoms with Gasteiger partial charge in [-0.3, -0.25) is 9.69 Å². The Labute approximate surface area is 118 Å². The molecule has 1 fully saturated rings. The number of thiocarbonyl (C=S) groups is 1. The van der Waals surface area contributed by atoms with E-state index in [0.717, 1.165) is 19.4 Å². The zero-order valence-corrected chi connectivity index (χ0v) is 11.8. The monoisotopic (exact) mass is 280 g/mol. The van der Waals surface area contributed by atoms with Crippen LogP contribution in [0.2, 0.25) is 0 Å². The van der Waals surface area contributed by atoms with Crippen molar-refractivity contribution in [2.24, 2.45) is 0 Å². The molecule has 1 aromatic rings. The molecule has 0 aliphatic carbocycles. The van der Waals surface area contributed by atoms with Crippen molar-refractivity contribution in [3.05, 3.63) is 30.1 Å². The quantitative estimate of drug-likeness (QED) is 0.792.